The van der Waals surface area contributed by atoms with Crippen LogP contribution in [0.25, 0.3) is 10.4 Å². The molecule has 4 N–H and O–H groups in total. The largest absolute Gasteiger partial charge is 0.508 e. The van der Waals surface area contributed by atoms with E-state index < -0.39 is 11.0 Å². The van der Waals surface area contributed by atoms with E-state index in [4.69, 9.17) is 4.74 Å². The molecule has 3 aromatic rings. The molecule has 1 atom stereocenters. The number of benzene rings is 2. The highest BCUT2D eigenvalue weighted by Crippen LogP contribution is 2.36. The van der Waals surface area contributed by atoms with Gasteiger partial charge in [-0.3, -0.25) is 5.32 Å². The molecular weight excluding hydrogens is 476 g/mol. The number of aliphatic hydroxyl groups excluding tert-OH is 1. The Hall–Kier alpha value is -3.15. The fourth-order valence-electron chi connectivity index (χ4n) is 3.61. The number of anilines is 2. The van der Waals surface area contributed by atoms with Gasteiger partial charge in [-0.25, -0.2) is 14.0 Å². The average molecular weight is 503 g/mol. The first-order valence-corrected chi connectivity index (χ1v) is 12.7. The lowest BCUT2D eigenvalue weighted by molar-refractivity contribution is 0.0972. The maximum absolute atomic E-state index is 13.1. The minimum atomic E-state index is -1.62. The second-order valence-corrected chi connectivity index (χ2v) is 10.0. The van der Waals surface area contributed by atoms with Gasteiger partial charge in [0, 0.05) is 18.8 Å². The van der Waals surface area contributed by atoms with Crippen molar-refractivity contribution >= 4 is 39.2 Å². The molecule has 1 aliphatic rings. The van der Waals surface area contributed by atoms with Crippen molar-refractivity contribution in [2.75, 3.05) is 30.2 Å². The number of urea groups is 1. The van der Waals surface area contributed by atoms with E-state index in [9.17, 15) is 19.2 Å². The highest BCUT2D eigenvalue weighted by atomic mass is 32.2. The van der Waals surface area contributed by atoms with Crippen LogP contribution in [0.2, 0.25) is 0 Å². The van der Waals surface area contributed by atoms with Gasteiger partial charge in [0.2, 0.25) is 0 Å². The lowest BCUT2D eigenvalue weighted by Gasteiger charge is -2.29. The Bertz CT molecular complexity index is 1190. The van der Waals surface area contributed by atoms with Crippen LogP contribution in [0, 0.1) is 6.92 Å². The number of nitrogens with zero attached hydrogens (tertiary/aromatic N) is 2. The molecule has 1 fully saturated rings. The van der Waals surface area contributed by atoms with Crippen LogP contribution >= 0.6 is 11.3 Å². The molecule has 1 aliphatic heterocycles. The SMILES string of the molecule is COc1ccc(-c2sc(NC(=O)N3CCC(O)CC3)nc2C)cc1S(=O)Nc1ccc(O)cc1. The van der Waals surface area contributed by atoms with Crippen LogP contribution in [-0.2, 0) is 11.0 Å². The number of phenolic OH excluding ortho intramolecular Hbond substituents is 1. The standard InChI is InChI=1S/C23H26N4O5S2/c1-14-21(33-22(24-14)25-23(30)27-11-9-18(29)10-12-27)15-3-8-19(32-2)20(13-15)34(31)26-16-4-6-17(28)7-5-16/h3-8,13,18,26,28-29H,9-12H2,1-2H3,(H,24,25,30). The smallest absolute Gasteiger partial charge is 0.323 e. The van der Waals surface area contributed by atoms with E-state index in [-0.39, 0.29) is 17.9 Å². The van der Waals surface area contributed by atoms with E-state index in [0.29, 0.717) is 47.4 Å². The second kappa shape index (κ2) is 10.4. The molecule has 1 aromatic heterocycles. The number of phenols is 1. The quantitative estimate of drug-likeness (QED) is 0.378. The lowest BCUT2D eigenvalue weighted by atomic mass is 10.1. The monoisotopic (exact) mass is 502 g/mol. The van der Waals surface area contributed by atoms with Crippen molar-refractivity contribution in [3.63, 3.8) is 0 Å². The molecule has 2 heterocycles. The van der Waals surface area contributed by atoms with Gasteiger partial charge < -0.3 is 24.6 Å². The zero-order valence-electron chi connectivity index (χ0n) is 18.8. The van der Waals surface area contributed by atoms with Crippen LogP contribution in [0.3, 0.4) is 0 Å². The number of likely N-dealkylation sites (tertiary alicyclic amines) is 1. The zero-order chi connectivity index (χ0) is 24.2. The molecular formula is C23H26N4O5S2. The first kappa shape index (κ1) is 24.0. The summed E-state index contributed by atoms with van der Waals surface area (Å²) in [7, 11) is -0.106. The summed E-state index contributed by atoms with van der Waals surface area (Å²) in [6, 6.07) is 11.4. The predicted octanol–water partition coefficient (Wildman–Crippen LogP) is 3.96. The highest BCUT2D eigenvalue weighted by molar-refractivity contribution is 7.86. The zero-order valence-corrected chi connectivity index (χ0v) is 20.4. The van der Waals surface area contributed by atoms with Crippen LogP contribution in [0.5, 0.6) is 11.5 Å². The number of aliphatic hydroxyl groups is 1. The molecule has 9 nitrogen and oxygen atoms in total. The molecule has 180 valence electrons. The summed E-state index contributed by atoms with van der Waals surface area (Å²) < 4.78 is 21.4. The van der Waals surface area contributed by atoms with Gasteiger partial charge in [0.1, 0.15) is 16.4 Å². The molecule has 34 heavy (non-hydrogen) atoms. The number of ether oxygens (including phenoxy) is 1. The molecule has 4 rings (SSSR count). The van der Waals surface area contributed by atoms with Crippen LogP contribution in [0.1, 0.15) is 18.5 Å². The summed E-state index contributed by atoms with van der Waals surface area (Å²) in [5.41, 5.74) is 2.13. The summed E-state index contributed by atoms with van der Waals surface area (Å²) >= 11 is 1.34. The van der Waals surface area contributed by atoms with Crippen LogP contribution in [0.15, 0.2) is 47.4 Å². The van der Waals surface area contributed by atoms with Gasteiger partial charge in [-0.05, 0) is 67.8 Å². The number of rotatable bonds is 6. The average Bonchev–Trinajstić information content (AvgIpc) is 3.20. The van der Waals surface area contributed by atoms with Gasteiger partial charge >= 0.3 is 6.03 Å². The summed E-state index contributed by atoms with van der Waals surface area (Å²) in [6.45, 7) is 2.87. The Labute approximate surface area is 204 Å². The summed E-state index contributed by atoms with van der Waals surface area (Å²) in [5.74, 6) is 0.591. The fraction of sp³-hybridized carbons (Fsp3) is 0.304. The van der Waals surface area contributed by atoms with E-state index in [1.807, 2.05) is 13.0 Å². The molecule has 0 spiro atoms. The molecule has 0 radical (unpaired) electrons. The maximum atomic E-state index is 13.1. The van der Waals surface area contributed by atoms with Gasteiger partial charge in [-0.1, -0.05) is 11.3 Å². The number of methoxy groups -OCH3 is 1. The van der Waals surface area contributed by atoms with Crippen molar-refractivity contribution in [2.24, 2.45) is 0 Å². The molecule has 0 aliphatic carbocycles. The van der Waals surface area contributed by atoms with E-state index in [2.05, 4.69) is 15.0 Å². The van der Waals surface area contributed by atoms with Crippen molar-refractivity contribution < 1.29 is 24.0 Å². The number of aromatic nitrogens is 1. The number of carbonyl (C=O) groups excluding carboxylic acids is 1. The number of thiazole rings is 1. The third kappa shape index (κ3) is 5.49. The first-order valence-electron chi connectivity index (χ1n) is 10.7. The Balaban J connectivity index is 1.54. The number of carbonyl (C=O) groups is 1. The number of aryl methyl sites for hydroxylation is 1. The maximum Gasteiger partial charge on any atom is 0.323 e. The lowest BCUT2D eigenvalue weighted by Crippen LogP contribution is -2.42. The number of hydrogen-bond acceptors (Lipinski definition) is 7. The molecule has 2 aromatic carbocycles. The predicted molar refractivity (Wildman–Crippen MR) is 133 cm³/mol. The number of aromatic hydroxyl groups is 1. The molecule has 1 unspecified atom stereocenters. The molecule has 0 bridgehead atoms. The van der Waals surface area contributed by atoms with Gasteiger partial charge in [0.25, 0.3) is 0 Å². The molecule has 2 amide bonds. The Kier molecular flexibility index (Phi) is 7.35. The number of amides is 2. The molecule has 11 heteroatoms. The van der Waals surface area contributed by atoms with E-state index in [0.717, 1.165) is 16.1 Å². The Morgan fingerprint density at radius 1 is 1.21 bits per heavy atom. The Morgan fingerprint density at radius 3 is 2.59 bits per heavy atom. The minimum Gasteiger partial charge on any atom is -0.508 e. The van der Waals surface area contributed by atoms with Gasteiger partial charge in [-0.2, -0.15) is 0 Å². The van der Waals surface area contributed by atoms with Gasteiger partial charge in [0.15, 0.2) is 16.1 Å². The minimum absolute atomic E-state index is 0.123. The van der Waals surface area contributed by atoms with Crippen LogP contribution in [-0.4, -0.2) is 56.6 Å². The normalized spacial score (nSPS) is 15.1. The third-order valence-corrected chi connectivity index (χ3v) is 7.73. The fourth-order valence-corrected chi connectivity index (χ4v) is 5.59. The van der Waals surface area contributed by atoms with E-state index in [1.165, 1.54) is 30.6 Å². The van der Waals surface area contributed by atoms with Crippen molar-refractivity contribution in [1.82, 2.24) is 9.88 Å². The first-order chi connectivity index (χ1) is 16.3. The number of piperidine rings is 1. The summed E-state index contributed by atoms with van der Waals surface area (Å²) in [6.07, 6.45) is 0.787. The topological polar surface area (TPSA) is 124 Å². The summed E-state index contributed by atoms with van der Waals surface area (Å²) in [5, 5.41) is 22.4. The second-order valence-electron chi connectivity index (χ2n) is 7.87. The molecule has 0 saturated carbocycles. The van der Waals surface area contributed by atoms with Crippen LogP contribution < -0.4 is 14.8 Å². The Morgan fingerprint density at radius 2 is 1.91 bits per heavy atom. The van der Waals surface area contributed by atoms with Crippen molar-refractivity contribution in [1.29, 1.82) is 0 Å². The number of nitrogens with one attached hydrogen (secondary N) is 2. The third-order valence-electron chi connectivity index (χ3n) is 5.47. The highest BCUT2D eigenvalue weighted by Gasteiger charge is 2.23. The van der Waals surface area contributed by atoms with Crippen molar-refractivity contribution in [2.45, 2.75) is 30.8 Å². The van der Waals surface area contributed by atoms with Crippen molar-refractivity contribution in [3.05, 3.63) is 48.2 Å². The van der Waals surface area contributed by atoms with Crippen LogP contribution in [0.4, 0.5) is 15.6 Å². The van der Waals surface area contributed by atoms with E-state index >= 15 is 0 Å². The summed E-state index contributed by atoms with van der Waals surface area (Å²) in [4.78, 5) is 20.0. The van der Waals surface area contributed by atoms with Crippen molar-refractivity contribution in [3.8, 4) is 21.9 Å². The van der Waals surface area contributed by atoms with Gasteiger partial charge in [-0.15, -0.1) is 0 Å². The number of hydrogen-bond donors (Lipinski definition) is 4. The van der Waals surface area contributed by atoms with Gasteiger partial charge in [0.05, 0.1) is 23.8 Å². The van der Waals surface area contributed by atoms with E-state index in [1.54, 1.807) is 29.2 Å². The molecule has 1 saturated heterocycles.